The predicted molar refractivity (Wildman–Crippen MR) is 92.8 cm³/mol. The summed E-state index contributed by atoms with van der Waals surface area (Å²) in [5.41, 5.74) is 1.58. The fourth-order valence-electron chi connectivity index (χ4n) is 3.34. The summed E-state index contributed by atoms with van der Waals surface area (Å²) in [6.07, 6.45) is 4.84. The van der Waals surface area contributed by atoms with E-state index >= 15 is 0 Å². The highest BCUT2D eigenvalue weighted by Gasteiger charge is 2.28. The van der Waals surface area contributed by atoms with E-state index in [1.807, 2.05) is 43.0 Å². The van der Waals surface area contributed by atoms with Gasteiger partial charge in [0.25, 0.3) is 5.91 Å². The first kappa shape index (κ1) is 16.7. The van der Waals surface area contributed by atoms with Crippen molar-refractivity contribution in [2.75, 3.05) is 13.1 Å². The number of hydrogen-bond donors (Lipinski definition) is 1. The molecule has 1 fully saturated rings. The molecule has 1 N–H and O–H groups in total. The Kier molecular flexibility index (Phi) is 5.30. The second-order valence-corrected chi connectivity index (χ2v) is 6.42. The standard InChI is InChI=1S/C19H25N3O2/c1-14-12-18(15(2)24-14)19(23)22(13-16-6-3-4-10-21-16)17-7-5-9-20-11-8-17/h3-4,6,10,12,17,20H,5,7-9,11,13H2,1-2H3. The summed E-state index contributed by atoms with van der Waals surface area (Å²) in [7, 11) is 0. The van der Waals surface area contributed by atoms with E-state index in [0.29, 0.717) is 17.9 Å². The number of carbonyl (C=O) groups excluding carboxylic acids is 1. The molecule has 1 saturated heterocycles. The summed E-state index contributed by atoms with van der Waals surface area (Å²) >= 11 is 0. The van der Waals surface area contributed by atoms with Crippen LogP contribution in [-0.2, 0) is 6.54 Å². The van der Waals surface area contributed by atoms with Crippen molar-refractivity contribution in [3.05, 3.63) is 53.2 Å². The van der Waals surface area contributed by atoms with Gasteiger partial charge in [0.2, 0.25) is 0 Å². The van der Waals surface area contributed by atoms with Crippen molar-refractivity contribution in [3.8, 4) is 0 Å². The van der Waals surface area contributed by atoms with Crippen molar-refractivity contribution in [2.45, 2.75) is 45.7 Å². The Labute approximate surface area is 143 Å². The highest BCUT2D eigenvalue weighted by molar-refractivity contribution is 5.95. The molecule has 1 amide bonds. The van der Waals surface area contributed by atoms with E-state index in [2.05, 4.69) is 10.3 Å². The molecule has 24 heavy (non-hydrogen) atoms. The van der Waals surface area contributed by atoms with Crippen LogP contribution in [0.4, 0.5) is 0 Å². The molecule has 1 aliphatic rings. The van der Waals surface area contributed by atoms with Crippen molar-refractivity contribution in [2.24, 2.45) is 0 Å². The second kappa shape index (κ2) is 7.62. The molecule has 1 atom stereocenters. The Hall–Kier alpha value is -2.14. The van der Waals surface area contributed by atoms with Crippen molar-refractivity contribution in [1.29, 1.82) is 0 Å². The topological polar surface area (TPSA) is 58.4 Å². The third kappa shape index (κ3) is 3.85. The van der Waals surface area contributed by atoms with Gasteiger partial charge in [-0.3, -0.25) is 9.78 Å². The van der Waals surface area contributed by atoms with E-state index in [4.69, 9.17) is 4.42 Å². The van der Waals surface area contributed by atoms with Crippen LogP contribution in [0, 0.1) is 13.8 Å². The van der Waals surface area contributed by atoms with Gasteiger partial charge >= 0.3 is 0 Å². The zero-order valence-electron chi connectivity index (χ0n) is 14.4. The van der Waals surface area contributed by atoms with Gasteiger partial charge in [-0.05, 0) is 64.4 Å². The SMILES string of the molecule is Cc1cc(C(=O)N(Cc2ccccn2)C2CCCNCC2)c(C)o1. The Morgan fingerprint density at radius 3 is 2.92 bits per heavy atom. The summed E-state index contributed by atoms with van der Waals surface area (Å²) in [5.74, 6) is 1.51. The molecular weight excluding hydrogens is 302 g/mol. The minimum Gasteiger partial charge on any atom is -0.466 e. The molecule has 0 bridgehead atoms. The van der Waals surface area contributed by atoms with Crippen LogP contribution in [0.25, 0.3) is 0 Å². The summed E-state index contributed by atoms with van der Waals surface area (Å²) in [6, 6.07) is 7.91. The van der Waals surface area contributed by atoms with E-state index < -0.39 is 0 Å². The number of furan rings is 1. The molecule has 0 radical (unpaired) electrons. The lowest BCUT2D eigenvalue weighted by molar-refractivity contribution is 0.0640. The molecule has 3 rings (SSSR count). The number of hydrogen-bond acceptors (Lipinski definition) is 4. The van der Waals surface area contributed by atoms with Crippen molar-refractivity contribution < 1.29 is 9.21 Å². The fourth-order valence-corrected chi connectivity index (χ4v) is 3.34. The summed E-state index contributed by atoms with van der Waals surface area (Å²) in [5, 5.41) is 3.42. The Morgan fingerprint density at radius 1 is 1.33 bits per heavy atom. The fraction of sp³-hybridized carbons (Fsp3) is 0.474. The number of nitrogens with zero attached hydrogens (tertiary/aromatic N) is 2. The zero-order chi connectivity index (χ0) is 16.9. The number of aryl methyl sites for hydroxylation is 2. The second-order valence-electron chi connectivity index (χ2n) is 6.42. The molecule has 3 heterocycles. The van der Waals surface area contributed by atoms with Gasteiger partial charge in [0.05, 0.1) is 17.8 Å². The highest BCUT2D eigenvalue weighted by atomic mass is 16.3. The maximum absolute atomic E-state index is 13.2. The van der Waals surface area contributed by atoms with Gasteiger partial charge in [0.15, 0.2) is 0 Å². The Bertz CT molecular complexity index is 673. The zero-order valence-corrected chi connectivity index (χ0v) is 14.4. The molecule has 2 aromatic rings. The first-order valence-electron chi connectivity index (χ1n) is 8.64. The van der Waals surface area contributed by atoms with E-state index in [9.17, 15) is 4.79 Å². The van der Waals surface area contributed by atoms with Crippen LogP contribution in [-0.4, -0.2) is 34.9 Å². The van der Waals surface area contributed by atoms with Crippen molar-refractivity contribution in [3.63, 3.8) is 0 Å². The van der Waals surface area contributed by atoms with Crippen LogP contribution < -0.4 is 5.32 Å². The van der Waals surface area contributed by atoms with E-state index in [0.717, 1.165) is 43.8 Å². The minimum atomic E-state index is 0.0434. The molecule has 0 spiro atoms. The molecular formula is C19H25N3O2. The highest BCUT2D eigenvalue weighted by Crippen LogP contribution is 2.22. The van der Waals surface area contributed by atoms with Gasteiger partial charge in [0, 0.05) is 12.2 Å². The summed E-state index contributed by atoms with van der Waals surface area (Å²) in [6.45, 7) is 6.23. The van der Waals surface area contributed by atoms with Crippen molar-refractivity contribution >= 4 is 5.91 Å². The van der Waals surface area contributed by atoms with Crippen LogP contribution in [0.3, 0.4) is 0 Å². The lowest BCUT2D eigenvalue weighted by Gasteiger charge is -2.31. The summed E-state index contributed by atoms with van der Waals surface area (Å²) in [4.78, 5) is 19.6. The van der Waals surface area contributed by atoms with E-state index in [1.54, 1.807) is 6.20 Å². The van der Waals surface area contributed by atoms with E-state index in [1.165, 1.54) is 0 Å². The van der Waals surface area contributed by atoms with Gasteiger partial charge in [-0.1, -0.05) is 6.07 Å². The normalized spacial score (nSPS) is 18.2. The Balaban J connectivity index is 1.88. The van der Waals surface area contributed by atoms with Crippen LogP contribution in [0.15, 0.2) is 34.9 Å². The molecule has 0 saturated carbocycles. The minimum absolute atomic E-state index is 0.0434. The average Bonchev–Trinajstić information content (AvgIpc) is 2.79. The molecule has 1 unspecified atom stereocenters. The molecule has 1 aliphatic heterocycles. The van der Waals surface area contributed by atoms with Gasteiger partial charge < -0.3 is 14.6 Å². The monoisotopic (exact) mass is 327 g/mol. The summed E-state index contributed by atoms with van der Waals surface area (Å²) < 4.78 is 5.57. The molecule has 2 aromatic heterocycles. The third-order valence-electron chi connectivity index (χ3n) is 4.58. The smallest absolute Gasteiger partial charge is 0.258 e. The Morgan fingerprint density at radius 2 is 2.21 bits per heavy atom. The van der Waals surface area contributed by atoms with E-state index in [-0.39, 0.29) is 11.9 Å². The molecule has 128 valence electrons. The largest absolute Gasteiger partial charge is 0.466 e. The maximum Gasteiger partial charge on any atom is 0.258 e. The molecule has 0 aliphatic carbocycles. The maximum atomic E-state index is 13.2. The first-order chi connectivity index (χ1) is 11.6. The number of pyridine rings is 1. The number of nitrogens with one attached hydrogen (secondary N) is 1. The van der Waals surface area contributed by atoms with Gasteiger partial charge in [-0.2, -0.15) is 0 Å². The number of rotatable bonds is 4. The van der Waals surface area contributed by atoms with Crippen LogP contribution >= 0.6 is 0 Å². The lowest BCUT2D eigenvalue weighted by Crippen LogP contribution is -2.40. The lowest BCUT2D eigenvalue weighted by atomic mass is 10.0. The van der Waals surface area contributed by atoms with Crippen LogP contribution in [0.2, 0.25) is 0 Å². The van der Waals surface area contributed by atoms with Crippen molar-refractivity contribution in [1.82, 2.24) is 15.2 Å². The molecule has 5 nitrogen and oxygen atoms in total. The third-order valence-corrected chi connectivity index (χ3v) is 4.58. The van der Waals surface area contributed by atoms with Gasteiger partial charge in [0.1, 0.15) is 11.5 Å². The predicted octanol–water partition coefficient (Wildman–Crippen LogP) is 3.08. The van der Waals surface area contributed by atoms with Crippen LogP contribution in [0.1, 0.15) is 46.8 Å². The van der Waals surface area contributed by atoms with Gasteiger partial charge in [-0.15, -0.1) is 0 Å². The number of aromatic nitrogens is 1. The first-order valence-corrected chi connectivity index (χ1v) is 8.64. The number of carbonyl (C=O) groups is 1. The average molecular weight is 327 g/mol. The van der Waals surface area contributed by atoms with Gasteiger partial charge in [-0.25, -0.2) is 0 Å². The molecule has 0 aromatic carbocycles. The van der Waals surface area contributed by atoms with Crippen LogP contribution in [0.5, 0.6) is 0 Å². The molecule has 5 heteroatoms. The number of amides is 1. The quantitative estimate of drug-likeness (QED) is 0.937.